The van der Waals surface area contributed by atoms with E-state index in [1.54, 1.807) is 12.1 Å². The second-order valence-electron chi connectivity index (χ2n) is 6.28. The number of hydrogen-bond acceptors (Lipinski definition) is 3. The lowest BCUT2D eigenvalue weighted by atomic mass is 10.00. The van der Waals surface area contributed by atoms with Gasteiger partial charge in [0.2, 0.25) is 0 Å². The molecule has 7 heteroatoms. The summed E-state index contributed by atoms with van der Waals surface area (Å²) in [5.41, 5.74) is 0.212. The number of likely N-dealkylation sites (N-methyl/N-ethyl adjacent to an activating group) is 1. The monoisotopic (exact) mass is 338 g/mol. The summed E-state index contributed by atoms with van der Waals surface area (Å²) in [5, 5.41) is 12.2. The SMILES string of the molecule is C[NH+](CC(=O)NC1(C#N)CCCC1)Cc1ccc(OC(F)F)cc1. The molecule has 2 rings (SSSR count). The number of nitrogens with zero attached hydrogens (tertiary/aromatic N) is 1. The summed E-state index contributed by atoms with van der Waals surface area (Å²) in [6.45, 7) is -2.02. The molecule has 5 nitrogen and oxygen atoms in total. The van der Waals surface area contributed by atoms with Gasteiger partial charge in [-0.05, 0) is 49.9 Å². The molecule has 1 fully saturated rings. The summed E-state index contributed by atoms with van der Waals surface area (Å²) >= 11 is 0. The average Bonchev–Trinajstić information content (AvgIpc) is 2.97. The molecular formula is C17H22F2N3O2+. The summed E-state index contributed by atoms with van der Waals surface area (Å²) in [7, 11) is 1.87. The van der Waals surface area contributed by atoms with Crippen molar-refractivity contribution in [1.29, 1.82) is 5.26 Å². The molecule has 1 aliphatic carbocycles. The minimum Gasteiger partial charge on any atom is -0.435 e. The summed E-state index contributed by atoms with van der Waals surface area (Å²) in [5.74, 6) is -0.0325. The fourth-order valence-corrected chi connectivity index (χ4v) is 3.03. The van der Waals surface area contributed by atoms with E-state index >= 15 is 0 Å². The third-order valence-electron chi connectivity index (χ3n) is 4.17. The molecule has 1 atom stereocenters. The zero-order valence-corrected chi connectivity index (χ0v) is 13.6. The summed E-state index contributed by atoms with van der Waals surface area (Å²) in [6, 6.07) is 8.61. The van der Waals surface area contributed by atoms with E-state index in [-0.39, 0.29) is 18.2 Å². The van der Waals surface area contributed by atoms with Crippen LogP contribution >= 0.6 is 0 Å². The first kappa shape index (κ1) is 18.1. The van der Waals surface area contributed by atoms with Crippen LogP contribution in [0.3, 0.4) is 0 Å². The van der Waals surface area contributed by atoms with Crippen molar-refractivity contribution in [2.24, 2.45) is 0 Å². The number of benzene rings is 1. The Labute approximate surface area is 140 Å². The zero-order valence-electron chi connectivity index (χ0n) is 13.6. The number of halogens is 2. The largest absolute Gasteiger partial charge is 0.435 e. The van der Waals surface area contributed by atoms with Crippen molar-refractivity contribution in [3.05, 3.63) is 29.8 Å². The van der Waals surface area contributed by atoms with Gasteiger partial charge in [0.25, 0.3) is 5.91 Å². The lowest BCUT2D eigenvalue weighted by Gasteiger charge is -2.23. The van der Waals surface area contributed by atoms with Crippen molar-refractivity contribution < 1.29 is 23.2 Å². The lowest BCUT2D eigenvalue weighted by molar-refractivity contribution is -0.885. The van der Waals surface area contributed by atoms with E-state index in [4.69, 9.17) is 0 Å². The van der Waals surface area contributed by atoms with Gasteiger partial charge in [0.05, 0.1) is 13.1 Å². The van der Waals surface area contributed by atoms with Gasteiger partial charge in [0, 0.05) is 5.56 Å². The van der Waals surface area contributed by atoms with Crippen LogP contribution in [-0.2, 0) is 11.3 Å². The van der Waals surface area contributed by atoms with E-state index in [0.29, 0.717) is 19.4 Å². The van der Waals surface area contributed by atoms with Gasteiger partial charge in [-0.15, -0.1) is 0 Å². The molecule has 2 N–H and O–H groups in total. The van der Waals surface area contributed by atoms with E-state index in [1.807, 2.05) is 7.05 Å². The Morgan fingerprint density at radius 3 is 2.54 bits per heavy atom. The zero-order chi connectivity index (χ0) is 17.6. The van der Waals surface area contributed by atoms with Crippen LogP contribution in [0.25, 0.3) is 0 Å². The van der Waals surface area contributed by atoms with Gasteiger partial charge in [0.1, 0.15) is 17.8 Å². The molecule has 0 saturated heterocycles. The van der Waals surface area contributed by atoms with Gasteiger partial charge in [-0.2, -0.15) is 14.0 Å². The van der Waals surface area contributed by atoms with Crippen LogP contribution in [0.15, 0.2) is 24.3 Å². The number of ether oxygens (including phenoxy) is 1. The summed E-state index contributed by atoms with van der Waals surface area (Å²) in [6.07, 6.45) is 3.34. The molecule has 1 unspecified atom stereocenters. The Bertz CT molecular complexity index is 593. The van der Waals surface area contributed by atoms with E-state index < -0.39 is 12.2 Å². The van der Waals surface area contributed by atoms with Crippen molar-refractivity contribution in [1.82, 2.24) is 5.32 Å². The highest BCUT2D eigenvalue weighted by Gasteiger charge is 2.35. The molecule has 1 saturated carbocycles. The highest BCUT2D eigenvalue weighted by molar-refractivity contribution is 5.78. The van der Waals surface area contributed by atoms with Crippen LogP contribution in [0.1, 0.15) is 31.2 Å². The number of rotatable bonds is 7. The predicted molar refractivity (Wildman–Crippen MR) is 83.5 cm³/mol. The van der Waals surface area contributed by atoms with Crippen molar-refractivity contribution in [2.45, 2.75) is 44.4 Å². The molecule has 0 spiro atoms. The van der Waals surface area contributed by atoms with Gasteiger partial charge < -0.3 is 15.0 Å². The Balaban J connectivity index is 1.83. The minimum absolute atomic E-state index is 0.112. The Kier molecular flexibility index (Phi) is 6.10. The van der Waals surface area contributed by atoms with E-state index in [1.165, 1.54) is 12.1 Å². The van der Waals surface area contributed by atoms with Crippen LogP contribution in [-0.4, -0.2) is 31.7 Å². The summed E-state index contributed by atoms with van der Waals surface area (Å²) in [4.78, 5) is 13.1. The van der Waals surface area contributed by atoms with Crippen LogP contribution in [0.2, 0.25) is 0 Å². The molecule has 24 heavy (non-hydrogen) atoms. The van der Waals surface area contributed by atoms with Crippen molar-refractivity contribution >= 4 is 5.91 Å². The summed E-state index contributed by atoms with van der Waals surface area (Å²) < 4.78 is 28.5. The van der Waals surface area contributed by atoms with Gasteiger partial charge in [0.15, 0.2) is 6.54 Å². The van der Waals surface area contributed by atoms with Gasteiger partial charge in [-0.1, -0.05) is 0 Å². The normalized spacial score (nSPS) is 17.3. The highest BCUT2D eigenvalue weighted by atomic mass is 19.3. The maximum Gasteiger partial charge on any atom is 0.387 e. The number of nitriles is 1. The molecule has 0 bridgehead atoms. The maximum atomic E-state index is 12.2. The fourth-order valence-electron chi connectivity index (χ4n) is 3.03. The first-order valence-electron chi connectivity index (χ1n) is 8.00. The number of hydrogen-bond donors (Lipinski definition) is 2. The van der Waals surface area contributed by atoms with Crippen molar-refractivity contribution in [3.63, 3.8) is 0 Å². The van der Waals surface area contributed by atoms with Crippen molar-refractivity contribution in [3.8, 4) is 11.8 Å². The molecule has 0 aromatic heterocycles. The molecule has 0 heterocycles. The Hall–Kier alpha value is -2.20. The standard InChI is InChI=1S/C17H21F2N3O2/c1-22(10-13-4-6-14(7-5-13)24-16(18)19)11-15(23)21-17(12-20)8-2-3-9-17/h4-7,16H,2-3,8-11H2,1H3,(H,21,23)/p+1. The molecule has 130 valence electrons. The number of nitrogens with one attached hydrogen (secondary N) is 2. The number of amides is 1. The molecule has 1 aromatic carbocycles. The third kappa shape index (κ3) is 5.17. The van der Waals surface area contributed by atoms with Gasteiger partial charge in [-0.3, -0.25) is 4.79 Å². The number of alkyl halides is 2. The van der Waals surface area contributed by atoms with Crippen LogP contribution in [0.5, 0.6) is 5.75 Å². The van der Waals surface area contributed by atoms with Crippen LogP contribution in [0, 0.1) is 11.3 Å². The Morgan fingerprint density at radius 1 is 1.38 bits per heavy atom. The first-order valence-corrected chi connectivity index (χ1v) is 8.00. The average molecular weight is 338 g/mol. The molecule has 1 aromatic rings. The van der Waals surface area contributed by atoms with Gasteiger partial charge >= 0.3 is 6.61 Å². The lowest BCUT2D eigenvalue weighted by Crippen LogP contribution is -3.09. The van der Waals surface area contributed by atoms with E-state index in [9.17, 15) is 18.8 Å². The smallest absolute Gasteiger partial charge is 0.387 e. The second-order valence-corrected chi connectivity index (χ2v) is 6.28. The predicted octanol–water partition coefficient (Wildman–Crippen LogP) is 1.26. The molecular weight excluding hydrogens is 316 g/mol. The number of quaternary nitrogens is 1. The number of carbonyl (C=O) groups is 1. The fraction of sp³-hybridized carbons (Fsp3) is 0.529. The topological polar surface area (TPSA) is 66.6 Å². The second kappa shape index (κ2) is 8.06. The van der Waals surface area contributed by atoms with E-state index in [0.717, 1.165) is 23.3 Å². The van der Waals surface area contributed by atoms with Crippen molar-refractivity contribution in [2.75, 3.05) is 13.6 Å². The quantitative estimate of drug-likeness (QED) is 0.786. The highest BCUT2D eigenvalue weighted by Crippen LogP contribution is 2.28. The van der Waals surface area contributed by atoms with E-state index in [2.05, 4.69) is 16.1 Å². The van der Waals surface area contributed by atoms with Crippen LogP contribution in [0.4, 0.5) is 8.78 Å². The first-order chi connectivity index (χ1) is 11.4. The molecule has 0 aliphatic heterocycles. The third-order valence-corrected chi connectivity index (χ3v) is 4.17. The Morgan fingerprint density at radius 2 is 2.00 bits per heavy atom. The molecule has 0 radical (unpaired) electrons. The van der Waals surface area contributed by atoms with Gasteiger partial charge in [-0.25, -0.2) is 0 Å². The molecule has 1 aliphatic rings. The maximum absolute atomic E-state index is 12.2. The molecule has 1 amide bonds. The minimum atomic E-state index is -2.84. The van der Waals surface area contributed by atoms with Crippen LogP contribution < -0.4 is 15.0 Å². The number of carbonyl (C=O) groups excluding carboxylic acids is 1.